The van der Waals surface area contributed by atoms with Gasteiger partial charge in [0.25, 0.3) is 0 Å². The molecule has 0 saturated carbocycles. The first-order valence-electron chi connectivity index (χ1n) is 6.31. The molecule has 0 radical (unpaired) electrons. The second kappa shape index (κ2) is 5.58. The molecule has 1 rings (SSSR count). The fraction of sp³-hybridized carbons (Fsp3) is 0.917. The molecule has 0 aliphatic heterocycles. The van der Waals surface area contributed by atoms with Gasteiger partial charge >= 0.3 is 0 Å². The number of tetrazole rings is 1. The van der Waals surface area contributed by atoms with Gasteiger partial charge in [-0.25, -0.2) is 4.68 Å². The van der Waals surface area contributed by atoms with E-state index in [2.05, 4.69) is 62.4 Å². The van der Waals surface area contributed by atoms with Crippen molar-refractivity contribution in [3.63, 3.8) is 0 Å². The van der Waals surface area contributed by atoms with Crippen LogP contribution in [0.4, 0.5) is 0 Å². The second-order valence-corrected chi connectivity index (χ2v) is 5.93. The van der Waals surface area contributed by atoms with Gasteiger partial charge in [0.1, 0.15) is 0 Å². The Morgan fingerprint density at radius 3 is 2.41 bits per heavy atom. The van der Waals surface area contributed by atoms with E-state index in [-0.39, 0.29) is 5.41 Å². The van der Waals surface area contributed by atoms with E-state index >= 15 is 0 Å². The van der Waals surface area contributed by atoms with Gasteiger partial charge in [-0.05, 0) is 21.8 Å². The highest BCUT2D eigenvalue weighted by molar-refractivity contribution is 4.84. The molecule has 0 bridgehead atoms. The van der Waals surface area contributed by atoms with Crippen molar-refractivity contribution in [2.24, 2.45) is 11.3 Å². The van der Waals surface area contributed by atoms with Crippen molar-refractivity contribution < 1.29 is 0 Å². The van der Waals surface area contributed by atoms with Gasteiger partial charge in [-0.1, -0.05) is 41.5 Å². The first-order valence-corrected chi connectivity index (χ1v) is 6.31. The lowest BCUT2D eigenvalue weighted by Gasteiger charge is -2.29. The lowest BCUT2D eigenvalue weighted by atomic mass is 9.81. The van der Waals surface area contributed by atoms with E-state index in [1.807, 2.05) is 4.68 Å². The Morgan fingerprint density at radius 1 is 1.24 bits per heavy atom. The third kappa shape index (κ3) is 4.07. The fourth-order valence-corrected chi connectivity index (χ4v) is 1.34. The summed E-state index contributed by atoms with van der Waals surface area (Å²) in [5, 5.41) is 15.3. The Hall–Kier alpha value is -0.970. The minimum Gasteiger partial charge on any atom is -0.308 e. The van der Waals surface area contributed by atoms with Crippen molar-refractivity contribution >= 4 is 0 Å². The number of rotatable bonds is 6. The molecule has 0 saturated heterocycles. The van der Waals surface area contributed by atoms with Gasteiger partial charge in [0.15, 0.2) is 5.82 Å². The van der Waals surface area contributed by atoms with Crippen molar-refractivity contribution in [3.05, 3.63) is 5.82 Å². The first kappa shape index (κ1) is 14.1. The van der Waals surface area contributed by atoms with Crippen LogP contribution in [0, 0.1) is 11.3 Å². The minimum atomic E-state index is 0.196. The predicted molar refractivity (Wildman–Crippen MR) is 68.4 cm³/mol. The molecule has 17 heavy (non-hydrogen) atoms. The molecule has 0 fully saturated rings. The SMILES string of the molecule is CC(C)NCc1nnnn1CC(C)(C)C(C)C. The van der Waals surface area contributed by atoms with Gasteiger partial charge in [-0.15, -0.1) is 5.10 Å². The van der Waals surface area contributed by atoms with Crippen LogP contribution in [0.15, 0.2) is 0 Å². The van der Waals surface area contributed by atoms with E-state index in [0.717, 1.165) is 18.9 Å². The van der Waals surface area contributed by atoms with Gasteiger partial charge in [-0.2, -0.15) is 0 Å². The molecule has 0 aliphatic rings. The van der Waals surface area contributed by atoms with E-state index in [1.54, 1.807) is 0 Å². The Kier molecular flexibility index (Phi) is 4.62. The number of aromatic nitrogens is 4. The Labute approximate surface area is 104 Å². The normalized spacial score (nSPS) is 12.7. The molecular formula is C12H25N5. The molecule has 0 aromatic carbocycles. The van der Waals surface area contributed by atoms with Crippen LogP contribution in [0.1, 0.15) is 47.4 Å². The summed E-state index contributed by atoms with van der Waals surface area (Å²) in [4.78, 5) is 0. The molecule has 0 unspecified atom stereocenters. The highest BCUT2D eigenvalue weighted by Gasteiger charge is 2.24. The molecule has 0 spiro atoms. The highest BCUT2D eigenvalue weighted by atomic mass is 15.5. The topological polar surface area (TPSA) is 55.6 Å². The quantitative estimate of drug-likeness (QED) is 0.823. The Bertz CT molecular complexity index is 340. The number of hydrogen-bond donors (Lipinski definition) is 1. The summed E-state index contributed by atoms with van der Waals surface area (Å²) < 4.78 is 1.91. The van der Waals surface area contributed by atoms with Crippen LogP contribution in [0.25, 0.3) is 0 Å². The van der Waals surface area contributed by atoms with Gasteiger partial charge < -0.3 is 5.32 Å². The molecular weight excluding hydrogens is 214 g/mol. The third-order valence-electron chi connectivity index (χ3n) is 3.39. The maximum atomic E-state index is 4.08. The van der Waals surface area contributed by atoms with Crippen LogP contribution >= 0.6 is 0 Å². The van der Waals surface area contributed by atoms with Gasteiger partial charge in [-0.3, -0.25) is 0 Å². The van der Waals surface area contributed by atoms with Gasteiger partial charge in [0.05, 0.1) is 13.1 Å². The number of nitrogens with zero attached hydrogens (tertiary/aromatic N) is 4. The Balaban J connectivity index is 2.69. The zero-order chi connectivity index (χ0) is 13.1. The molecule has 0 atom stereocenters. The minimum absolute atomic E-state index is 0.196. The van der Waals surface area contributed by atoms with Crippen LogP contribution in [0.3, 0.4) is 0 Å². The van der Waals surface area contributed by atoms with Crippen LogP contribution in [-0.2, 0) is 13.1 Å². The average Bonchev–Trinajstić information content (AvgIpc) is 2.61. The summed E-state index contributed by atoms with van der Waals surface area (Å²) in [7, 11) is 0. The number of nitrogens with one attached hydrogen (secondary N) is 1. The van der Waals surface area contributed by atoms with Crippen molar-refractivity contribution in [2.75, 3.05) is 0 Å². The summed E-state index contributed by atoms with van der Waals surface area (Å²) in [6, 6.07) is 0.443. The monoisotopic (exact) mass is 239 g/mol. The van der Waals surface area contributed by atoms with Crippen molar-refractivity contribution in [2.45, 2.75) is 60.7 Å². The lowest BCUT2D eigenvalue weighted by Crippen LogP contribution is -2.29. The molecule has 1 heterocycles. The molecule has 1 aromatic rings. The first-order chi connectivity index (χ1) is 7.83. The zero-order valence-corrected chi connectivity index (χ0v) is 11.9. The summed E-state index contributed by atoms with van der Waals surface area (Å²) in [5.74, 6) is 1.50. The maximum Gasteiger partial charge on any atom is 0.165 e. The standard InChI is InChI=1S/C12H25N5/c1-9(2)12(5,6)8-17-11(14-15-16-17)7-13-10(3)4/h9-10,13H,7-8H2,1-6H3. The van der Waals surface area contributed by atoms with Crippen molar-refractivity contribution in [1.29, 1.82) is 0 Å². The van der Waals surface area contributed by atoms with Gasteiger partial charge in [0.2, 0.25) is 0 Å². The smallest absolute Gasteiger partial charge is 0.165 e. The van der Waals surface area contributed by atoms with E-state index in [4.69, 9.17) is 0 Å². The van der Waals surface area contributed by atoms with E-state index < -0.39 is 0 Å². The molecule has 5 heteroatoms. The van der Waals surface area contributed by atoms with Crippen LogP contribution in [0.5, 0.6) is 0 Å². The Morgan fingerprint density at radius 2 is 1.88 bits per heavy atom. The maximum absolute atomic E-state index is 4.08. The predicted octanol–water partition coefficient (Wildman–Crippen LogP) is 1.85. The van der Waals surface area contributed by atoms with E-state index in [9.17, 15) is 0 Å². The third-order valence-corrected chi connectivity index (χ3v) is 3.39. The fourth-order valence-electron chi connectivity index (χ4n) is 1.34. The largest absolute Gasteiger partial charge is 0.308 e. The summed E-state index contributed by atoms with van der Waals surface area (Å²) in [5.41, 5.74) is 0.196. The van der Waals surface area contributed by atoms with Crippen molar-refractivity contribution in [3.8, 4) is 0 Å². The lowest BCUT2D eigenvalue weighted by molar-refractivity contribution is 0.196. The summed E-state index contributed by atoms with van der Waals surface area (Å²) in [6.07, 6.45) is 0. The molecule has 0 aliphatic carbocycles. The highest BCUT2D eigenvalue weighted by Crippen LogP contribution is 2.27. The van der Waals surface area contributed by atoms with Gasteiger partial charge in [0, 0.05) is 6.04 Å². The summed E-state index contributed by atoms with van der Waals surface area (Å²) in [6.45, 7) is 14.8. The van der Waals surface area contributed by atoms with Crippen LogP contribution in [0.2, 0.25) is 0 Å². The number of hydrogen-bond acceptors (Lipinski definition) is 4. The summed E-state index contributed by atoms with van der Waals surface area (Å²) >= 11 is 0. The second-order valence-electron chi connectivity index (χ2n) is 5.93. The van der Waals surface area contributed by atoms with Crippen LogP contribution in [-0.4, -0.2) is 26.2 Å². The molecule has 1 aromatic heterocycles. The van der Waals surface area contributed by atoms with Crippen molar-refractivity contribution in [1.82, 2.24) is 25.5 Å². The zero-order valence-electron chi connectivity index (χ0n) is 11.9. The van der Waals surface area contributed by atoms with E-state index in [1.165, 1.54) is 0 Å². The van der Waals surface area contributed by atoms with E-state index in [0.29, 0.717) is 12.0 Å². The van der Waals surface area contributed by atoms with Crippen LogP contribution < -0.4 is 5.32 Å². The molecule has 1 N–H and O–H groups in total. The molecule has 0 amide bonds. The average molecular weight is 239 g/mol. The molecule has 98 valence electrons. The molecule has 5 nitrogen and oxygen atoms in total.